The molecule has 0 N–H and O–H groups in total. The summed E-state index contributed by atoms with van der Waals surface area (Å²) in [4.78, 5) is 12.9. The molecule has 0 heterocycles. The second-order valence-electron chi connectivity index (χ2n) is 9.25. The smallest absolute Gasteiger partial charge is 0.217 e. The van der Waals surface area contributed by atoms with Crippen molar-refractivity contribution in [2.45, 2.75) is 33.6 Å². The van der Waals surface area contributed by atoms with Gasteiger partial charge >= 0.3 is 0 Å². The van der Waals surface area contributed by atoms with E-state index in [1.807, 2.05) is 0 Å². The summed E-state index contributed by atoms with van der Waals surface area (Å²) in [5.74, 6) is 0.799. The van der Waals surface area contributed by atoms with Crippen LogP contribution in [0.5, 0.6) is 0 Å². The number of allylic oxidation sites excluding steroid dienone is 1. The van der Waals surface area contributed by atoms with Gasteiger partial charge in [0, 0.05) is 5.41 Å². The Morgan fingerprint density at radius 2 is 1.64 bits per heavy atom. The quantitative estimate of drug-likeness (QED) is 0.331. The molecule has 2 aliphatic carbocycles. The van der Waals surface area contributed by atoms with E-state index in [1.165, 1.54) is 5.69 Å². The number of quaternary nitrogens is 1. The highest BCUT2D eigenvalue weighted by molar-refractivity contribution is 7.80. The van der Waals surface area contributed by atoms with E-state index in [-0.39, 0.29) is 10.8 Å². The van der Waals surface area contributed by atoms with E-state index < -0.39 is 10.4 Å². The van der Waals surface area contributed by atoms with Crippen molar-refractivity contribution < 1.29 is 21.9 Å². The predicted octanol–water partition coefficient (Wildman–Crippen LogP) is 3.38. The van der Waals surface area contributed by atoms with Crippen molar-refractivity contribution >= 4 is 27.9 Å². The third kappa shape index (κ3) is 4.22. The van der Waals surface area contributed by atoms with Crippen LogP contribution in [0, 0.1) is 16.7 Å². The zero-order valence-electron chi connectivity index (χ0n) is 17.8. The van der Waals surface area contributed by atoms with Crippen molar-refractivity contribution in [2.24, 2.45) is 16.7 Å². The minimum atomic E-state index is -4.41. The lowest BCUT2D eigenvalue weighted by atomic mass is 9.70. The highest BCUT2D eigenvalue weighted by Gasteiger charge is 2.63. The minimum Gasteiger partial charge on any atom is -0.726 e. The van der Waals surface area contributed by atoms with Gasteiger partial charge in [0.05, 0.1) is 28.3 Å². The Morgan fingerprint density at radius 3 is 2.00 bits per heavy atom. The summed E-state index contributed by atoms with van der Waals surface area (Å²) in [6.45, 7) is 6.70. The van der Waals surface area contributed by atoms with E-state index in [1.54, 1.807) is 0 Å². The fourth-order valence-corrected chi connectivity index (χ4v) is 4.29. The van der Waals surface area contributed by atoms with Gasteiger partial charge in [-0.3, -0.25) is 13.5 Å². The van der Waals surface area contributed by atoms with Crippen LogP contribution in [0.4, 0.5) is 5.69 Å². The van der Waals surface area contributed by atoms with E-state index in [4.69, 9.17) is 0 Å². The largest absolute Gasteiger partial charge is 0.726 e. The summed E-state index contributed by atoms with van der Waals surface area (Å²) in [6.07, 6.45) is 4.33. The van der Waals surface area contributed by atoms with E-state index >= 15 is 0 Å². The number of hydrogen-bond donors (Lipinski definition) is 0. The van der Waals surface area contributed by atoms with Crippen LogP contribution >= 0.6 is 0 Å². The summed E-state index contributed by atoms with van der Waals surface area (Å²) < 4.78 is 31.8. The van der Waals surface area contributed by atoms with E-state index in [0.29, 0.717) is 11.7 Å². The third-order valence-corrected chi connectivity index (χ3v) is 6.97. The third-order valence-electron chi connectivity index (χ3n) is 6.56. The topological polar surface area (TPSA) is 83.5 Å². The van der Waals surface area contributed by atoms with Crippen LogP contribution in [-0.2, 0) is 19.4 Å². The number of carbonyl (C=O) groups excluding carboxylic acids is 1. The summed E-state index contributed by atoms with van der Waals surface area (Å²) in [6, 6.07) is 8.61. The van der Waals surface area contributed by atoms with Crippen molar-refractivity contribution in [3.63, 3.8) is 0 Å². The number of fused-ring (bicyclic) bond motifs is 2. The van der Waals surface area contributed by atoms with Crippen molar-refractivity contribution in [3.05, 3.63) is 35.4 Å². The predicted molar refractivity (Wildman–Crippen MR) is 110 cm³/mol. The molecule has 2 aliphatic rings. The number of hydrogen-bond acceptors (Lipinski definition) is 5. The van der Waals surface area contributed by atoms with Crippen LogP contribution in [0.3, 0.4) is 0 Å². The Hall–Kier alpha value is -1.54. The molecule has 0 aromatic heterocycles. The first-order valence-corrected chi connectivity index (χ1v) is 10.7. The molecule has 28 heavy (non-hydrogen) atoms. The average Bonchev–Trinajstić information content (AvgIpc) is 2.88. The number of carbonyl (C=O) groups is 1. The molecule has 1 aromatic rings. The van der Waals surface area contributed by atoms with Gasteiger partial charge in [-0.05, 0) is 65.7 Å². The lowest BCUT2D eigenvalue weighted by Gasteiger charge is -2.31. The maximum Gasteiger partial charge on any atom is 0.217 e. The molecule has 0 radical (unpaired) electrons. The van der Waals surface area contributed by atoms with Crippen molar-refractivity contribution in [1.82, 2.24) is 4.48 Å². The van der Waals surface area contributed by atoms with Gasteiger partial charge in [-0.25, -0.2) is 8.42 Å². The highest BCUT2D eigenvalue weighted by Crippen LogP contribution is 2.65. The molecule has 7 heteroatoms. The van der Waals surface area contributed by atoms with Crippen LogP contribution in [0.2, 0.25) is 0 Å². The molecule has 0 unspecified atom stereocenters. The van der Waals surface area contributed by atoms with Crippen molar-refractivity contribution in [1.29, 1.82) is 0 Å². The number of benzene rings is 1. The lowest BCUT2D eigenvalue weighted by Crippen LogP contribution is -2.34. The summed E-state index contributed by atoms with van der Waals surface area (Å²) in [5, 5.41) is 0. The van der Waals surface area contributed by atoms with E-state index in [9.17, 15) is 17.8 Å². The standard InChI is InChI=1S/C20H28NO.CH4O4S/c1-19(2)17-11-12-20(19,3)18(22)16(17)13-14-7-9-15(10-8-14)21(4,5)6;1-5-6(2,3)4/h7-10,13,17H,11-12H2,1-6H3;1H3,(H,2,3,4)/q+1;/p-1/b16-13-;/t17-,20+;/m1./s1. The highest BCUT2D eigenvalue weighted by atomic mass is 32.3. The molecule has 3 rings (SSSR count). The number of rotatable bonds is 3. The fourth-order valence-electron chi connectivity index (χ4n) is 4.29. The van der Waals surface area contributed by atoms with Crippen LogP contribution < -0.4 is 4.48 Å². The second kappa shape index (κ2) is 7.37. The first-order chi connectivity index (χ1) is 12.6. The average molecular weight is 410 g/mol. The van der Waals surface area contributed by atoms with Gasteiger partial charge in [0.2, 0.25) is 10.4 Å². The van der Waals surface area contributed by atoms with Gasteiger partial charge < -0.3 is 4.55 Å². The van der Waals surface area contributed by atoms with Gasteiger partial charge in [-0.1, -0.05) is 20.8 Å². The summed E-state index contributed by atoms with van der Waals surface area (Å²) in [5.41, 5.74) is 3.40. The monoisotopic (exact) mass is 409 g/mol. The van der Waals surface area contributed by atoms with E-state index in [0.717, 1.165) is 35.6 Å². The van der Waals surface area contributed by atoms with Gasteiger partial charge in [0.1, 0.15) is 5.69 Å². The molecule has 6 nitrogen and oxygen atoms in total. The maximum absolute atomic E-state index is 12.9. The molecule has 0 saturated heterocycles. The fraction of sp³-hybridized carbons (Fsp3) is 0.571. The first kappa shape index (κ1) is 22.7. The molecule has 0 spiro atoms. The van der Waals surface area contributed by atoms with Crippen LogP contribution in [-0.4, -0.2) is 47.0 Å². The van der Waals surface area contributed by atoms with Crippen LogP contribution in [0.1, 0.15) is 39.2 Å². The maximum atomic E-state index is 12.9. The molecule has 1 aromatic carbocycles. The zero-order valence-corrected chi connectivity index (χ0v) is 18.6. The van der Waals surface area contributed by atoms with Gasteiger partial charge in [0.25, 0.3) is 0 Å². The minimum absolute atomic E-state index is 0.0954. The number of Topliss-reactive ketones (excluding diaryl/α,β-unsaturated/α-hetero) is 1. The molecule has 2 fully saturated rings. The van der Waals surface area contributed by atoms with Crippen molar-refractivity contribution in [3.8, 4) is 0 Å². The van der Waals surface area contributed by atoms with Crippen LogP contribution in [0.15, 0.2) is 29.8 Å². The first-order valence-electron chi connectivity index (χ1n) is 9.33. The number of ketones is 1. The normalized spacial score (nSPS) is 27.6. The zero-order chi connectivity index (χ0) is 21.5. The van der Waals surface area contributed by atoms with Gasteiger partial charge in [0.15, 0.2) is 5.78 Å². The molecular formula is C21H31NO5S. The Morgan fingerprint density at radius 1 is 1.14 bits per heavy atom. The number of nitrogens with zero attached hydrogens (tertiary/aromatic N) is 1. The molecular weight excluding hydrogens is 378 g/mol. The Balaban J connectivity index is 0.000000409. The lowest BCUT2D eigenvalue weighted by molar-refractivity contribution is -0.125. The Bertz CT molecular complexity index is 878. The summed E-state index contributed by atoms with van der Waals surface area (Å²) in [7, 11) is 2.88. The molecule has 2 bridgehead atoms. The van der Waals surface area contributed by atoms with E-state index in [2.05, 4.69) is 76.4 Å². The van der Waals surface area contributed by atoms with Gasteiger partial charge in [-0.2, -0.15) is 0 Å². The van der Waals surface area contributed by atoms with Crippen molar-refractivity contribution in [2.75, 3.05) is 28.3 Å². The molecule has 0 aliphatic heterocycles. The molecule has 2 saturated carbocycles. The summed E-state index contributed by atoms with van der Waals surface area (Å²) >= 11 is 0. The second-order valence-corrected chi connectivity index (χ2v) is 10.4. The molecule has 156 valence electrons. The Kier molecular flexibility index (Phi) is 5.99. The van der Waals surface area contributed by atoms with Gasteiger partial charge in [-0.15, -0.1) is 0 Å². The Labute approximate surface area is 168 Å². The van der Waals surface area contributed by atoms with Crippen LogP contribution in [0.25, 0.3) is 6.08 Å². The molecule has 0 amide bonds. The molecule has 2 atom stereocenters. The SMILES string of the molecule is CC1(C)[C@@H]2CC[C@@]1(C)C(=O)/C2=C\c1ccc([N+](C)(C)C)cc1.COS(=O)(=O)[O-].